The maximum absolute atomic E-state index is 12.0. The number of hydrogen-bond donors (Lipinski definition) is 1. The predicted molar refractivity (Wildman–Crippen MR) is 89.0 cm³/mol. The van der Waals surface area contributed by atoms with Crippen molar-refractivity contribution in [3.8, 4) is 0 Å². The highest BCUT2D eigenvalue weighted by Crippen LogP contribution is 2.31. The molecule has 0 saturated heterocycles. The standard InChI is InChI=1S/C17H16Cl2N2O/c18-13-7-11(8-14(19)9-13)10-21-6-5-12-3-1-2-4-15(12)16(21)17(20)22/h1-4,7-9,16H,5-6,10H2,(H2,20,22). The maximum atomic E-state index is 12.0. The molecular weight excluding hydrogens is 319 g/mol. The summed E-state index contributed by atoms with van der Waals surface area (Å²) in [5.74, 6) is -0.333. The van der Waals surface area contributed by atoms with Gasteiger partial charge in [0.1, 0.15) is 6.04 Å². The molecule has 0 radical (unpaired) electrons. The summed E-state index contributed by atoms with van der Waals surface area (Å²) in [6.07, 6.45) is 0.897. The van der Waals surface area contributed by atoms with Crippen LogP contribution < -0.4 is 5.73 Å². The minimum atomic E-state index is -0.414. The van der Waals surface area contributed by atoms with E-state index in [4.69, 9.17) is 28.9 Å². The zero-order chi connectivity index (χ0) is 15.7. The van der Waals surface area contributed by atoms with Gasteiger partial charge in [0.2, 0.25) is 5.91 Å². The average Bonchev–Trinajstić information content (AvgIpc) is 2.45. The topological polar surface area (TPSA) is 46.3 Å². The second-order valence-corrected chi connectivity index (χ2v) is 6.37. The highest BCUT2D eigenvalue weighted by Gasteiger charge is 2.31. The van der Waals surface area contributed by atoms with Crippen LogP contribution in [0.1, 0.15) is 22.7 Å². The van der Waals surface area contributed by atoms with Crippen molar-refractivity contribution in [3.63, 3.8) is 0 Å². The number of primary amides is 1. The highest BCUT2D eigenvalue weighted by atomic mass is 35.5. The van der Waals surface area contributed by atoms with Gasteiger partial charge in [0.05, 0.1) is 0 Å². The van der Waals surface area contributed by atoms with Gasteiger partial charge in [0.25, 0.3) is 0 Å². The number of nitrogens with two attached hydrogens (primary N) is 1. The van der Waals surface area contributed by atoms with E-state index in [1.165, 1.54) is 5.56 Å². The summed E-state index contributed by atoms with van der Waals surface area (Å²) < 4.78 is 0. The van der Waals surface area contributed by atoms with E-state index in [9.17, 15) is 4.79 Å². The molecule has 2 aromatic carbocycles. The fraction of sp³-hybridized carbons (Fsp3) is 0.235. The van der Waals surface area contributed by atoms with Gasteiger partial charge in [-0.15, -0.1) is 0 Å². The normalized spacial score (nSPS) is 18.0. The zero-order valence-electron chi connectivity index (χ0n) is 11.9. The van der Waals surface area contributed by atoms with E-state index in [1.54, 1.807) is 6.07 Å². The summed E-state index contributed by atoms with van der Waals surface area (Å²) in [5, 5.41) is 1.19. The lowest BCUT2D eigenvalue weighted by molar-refractivity contribution is -0.124. The van der Waals surface area contributed by atoms with Crippen molar-refractivity contribution in [3.05, 3.63) is 69.2 Å². The number of hydrogen-bond acceptors (Lipinski definition) is 2. The monoisotopic (exact) mass is 334 g/mol. The van der Waals surface area contributed by atoms with Gasteiger partial charge >= 0.3 is 0 Å². The first kappa shape index (κ1) is 15.3. The van der Waals surface area contributed by atoms with Crippen molar-refractivity contribution >= 4 is 29.1 Å². The molecule has 1 unspecified atom stereocenters. The van der Waals surface area contributed by atoms with Crippen LogP contribution in [0.15, 0.2) is 42.5 Å². The SMILES string of the molecule is NC(=O)C1c2ccccc2CCN1Cc1cc(Cl)cc(Cl)c1. The van der Waals surface area contributed by atoms with Crippen LogP contribution in [0.2, 0.25) is 10.0 Å². The zero-order valence-corrected chi connectivity index (χ0v) is 13.4. The van der Waals surface area contributed by atoms with E-state index in [2.05, 4.69) is 11.0 Å². The van der Waals surface area contributed by atoms with Crippen molar-refractivity contribution in [2.45, 2.75) is 19.0 Å². The molecular formula is C17H16Cl2N2O. The molecule has 2 aromatic rings. The Morgan fingerprint density at radius 1 is 1.18 bits per heavy atom. The molecule has 1 atom stereocenters. The molecule has 1 aliphatic heterocycles. The van der Waals surface area contributed by atoms with E-state index < -0.39 is 6.04 Å². The smallest absolute Gasteiger partial charge is 0.239 e. The Kier molecular flexibility index (Phi) is 4.39. The molecule has 1 amide bonds. The number of nitrogens with zero attached hydrogens (tertiary/aromatic N) is 1. The highest BCUT2D eigenvalue weighted by molar-refractivity contribution is 6.34. The number of fused-ring (bicyclic) bond motifs is 1. The Labute approximate surface area is 139 Å². The van der Waals surface area contributed by atoms with Crippen LogP contribution in [-0.4, -0.2) is 17.4 Å². The first-order chi connectivity index (χ1) is 10.5. The predicted octanol–water partition coefficient (Wildman–Crippen LogP) is 3.58. The van der Waals surface area contributed by atoms with E-state index >= 15 is 0 Å². The molecule has 3 rings (SSSR count). The molecule has 0 aliphatic carbocycles. The molecule has 114 valence electrons. The Balaban J connectivity index is 1.92. The van der Waals surface area contributed by atoms with Crippen molar-refractivity contribution in [1.29, 1.82) is 0 Å². The fourth-order valence-corrected chi connectivity index (χ4v) is 3.63. The summed E-state index contributed by atoms with van der Waals surface area (Å²) in [7, 11) is 0. The summed E-state index contributed by atoms with van der Waals surface area (Å²) in [5.41, 5.74) is 8.81. The minimum absolute atomic E-state index is 0.333. The van der Waals surface area contributed by atoms with E-state index in [0.29, 0.717) is 16.6 Å². The van der Waals surface area contributed by atoms with Gasteiger partial charge in [-0.25, -0.2) is 0 Å². The summed E-state index contributed by atoms with van der Waals surface area (Å²) in [6, 6.07) is 13.0. The van der Waals surface area contributed by atoms with Crippen LogP contribution in [0.25, 0.3) is 0 Å². The van der Waals surface area contributed by atoms with Crippen molar-refractivity contribution < 1.29 is 4.79 Å². The molecule has 1 heterocycles. The Morgan fingerprint density at radius 2 is 1.86 bits per heavy atom. The average molecular weight is 335 g/mol. The molecule has 22 heavy (non-hydrogen) atoms. The molecule has 1 aliphatic rings. The van der Waals surface area contributed by atoms with Crippen LogP contribution in [-0.2, 0) is 17.8 Å². The molecule has 3 nitrogen and oxygen atoms in total. The summed E-state index contributed by atoms with van der Waals surface area (Å²) >= 11 is 12.1. The van der Waals surface area contributed by atoms with Crippen LogP contribution in [0.4, 0.5) is 0 Å². The molecule has 0 spiro atoms. The lowest BCUT2D eigenvalue weighted by Gasteiger charge is -2.35. The molecule has 2 N–H and O–H groups in total. The molecule has 0 aromatic heterocycles. The number of benzene rings is 2. The molecule has 0 bridgehead atoms. The van der Waals surface area contributed by atoms with Crippen LogP contribution in [0, 0.1) is 0 Å². The van der Waals surface area contributed by atoms with E-state index in [-0.39, 0.29) is 5.91 Å². The lowest BCUT2D eigenvalue weighted by atomic mass is 9.92. The third-order valence-corrected chi connectivity index (χ3v) is 4.40. The third kappa shape index (κ3) is 3.12. The maximum Gasteiger partial charge on any atom is 0.239 e. The van der Waals surface area contributed by atoms with Gasteiger partial charge < -0.3 is 5.73 Å². The van der Waals surface area contributed by atoms with Crippen LogP contribution >= 0.6 is 23.2 Å². The Morgan fingerprint density at radius 3 is 2.55 bits per heavy atom. The van der Waals surface area contributed by atoms with E-state index in [0.717, 1.165) is 24.1 Å². The van der Waals surface area contributed by atoms with Crippen molar-refractivity contribution in [2.75, 3.05) is 6.54 Å². The quantitative estimate of drug-likeness (QED) is 0.932. The van der Waals surface area contributed by atoms with Gasteiger partial charge in [-0.2, -0.15) is 0 Å². The molecule has 0 saturated carbocycles. The molecule has 5 heteroatoms. The number of rotatable bonds is 3. The van der Waals surface area contributed by atoms with Gasteiger partial charge in [-0.05, 0) is 41.3 Å². The molecule has 0 fully saturated rings. The van der Waals surface area contributed by atoms with Crippen LogP contribution in [0.5, 0.6) is 0 Å². The van der Waals surface area contributed by atoms with Gasteiger partial charge in [-0.1, -0.05) is 47.5 Å². The second-order valence-electron chi connectivity index (χ2n) is 5.50. The van der Waals surface area contributed by atoms with Gasteiger partial charge in [-0.3, -0.25) is 9.69 Å². The minimum Gasteiger partial charge on any atom is -0.368 e. The number of halogens is 2. The van der Waals surface area contributed by atoms with E-state index in [1.807, 2.05) is 30.3 Å². The number of carbonyl (C=O) groups excluding carboxylic acids is 1. The van der Waals surface area contributed by atoms with Gasteiger partial charge in [0.15, 0.2) is 0 Å². The van der Waals surface area contributed by atoms with Crippen molar-refractivity contribution in [1.82, 2.24) is 4.90 Å². The summed E-state index contributed by atoms with van der Waals surface area (Å²) in [6.45, 7) is 1.36. The van der Waals surface area contributed by atoms with Crippen LogP contribution in [0.3, 0.4) is 0 Å². The third-order valence-electron chi connectivity index (χ3n) is 3.96. The second kappa shape index (κ2) is 6.29. The largest absolute Gasteiger partial charge is 0.368 e. The Hall–Kier alpha value is -1.55. The van der Waals surface area contributed by atoms with Crippen molar-refractivity contribution in [2.24, 2.45) is 5.73 Å². The number of carbonyl (C=O) groups is 1. The lowest BCUT2D eigenvalue weighted by Crippen LogP contribution is -2.42. The summed E-state index contributed by atoms with van der Waals surface area (Å²) in [4.78, 5) is 14.1. The first-order valence-electron chi connectivity index (χ1n) is 7.11. The number of amides is 1. The Bertz CT molecular complexity index is 697. The fourth-order valence-electron chi connectivity index (χ4n) is 3.06. The van der Waals surface area contributed by atoms with Gasteiger partial charge in [0, 0.05) is 23.1 Å². The first-order valence-corrected chi connectivity index (χ1v) is 7.86.